The van der Waals surface area contributed by atoms with E-state index in [-0.39, 0.29) is 36.6 Å². The predicted octanol–water partition coefficient (Wildman–Crippen LogP) is 6.32. The molecule has 0 aromatic carbocycles. The Balaban J connectivity index is 1.36. The molecule has 0 bridgehead atoms. The summed E-state index contributed by atoms with van der Waals surface area (Å²) in [5, 5.41) is 0. The van der Waals surface area contributed by atoms with E-state index in [4.69, 9.17) is 28.4 Å². The SMILES string of the molecule is CCC#CC[C@H](C)[C@H](OC1CCCCO1)C(Br)=C[C@@H]1[C@H]2CC3(C[C@H]2C[C@H]1OC1CCCCO1)OCCO3. The van der Waals surface area contributed by atoms with Crippen LogP contribution in [0.5, 0.6) is 0 Å². The van der Waals surface area contributed by atoms with Crippen LogP contribution in [0.3, 0.4) is 0 Å². The van der Waals surface area contributed by atoms with E-state index >= 15 is 0 Å². The zero-order chi connectivity index (χ0) is 25.7. The fourth-order valence-electron chi connectivity index (χ4n) is 6.92. The van der Waals surface area contributed by atoms with Gasteiger partial charge in [-0.3, -0.25) is 0 Å². The largest absolute Gasteiger partial charge is 0.353 e. The van der Waals surface area contributed by atoms with E-state index in [2.05, 4.69) is 47.7 Å². The Hall–Kier alpha value is -0.460. The molecule has 2 aliphatic carbocycles. The molecular weight excluding hydrogens is 536 g/mol. The van der Waals surface area contributed by atoms with Gasteiger partial charge in [0.15, 0.2) is 18.4 Å². The second-order valence-corrected chi connectivity index (χ2v) is 12.4. The summed E-state index contributed by atoms with van der Waals surface area (Å²) in [5.74, 6) is 7.66. The monoisotopic (exact) mass is 580 g/mol. The van der Waals surface area contributed by atoms with Crippen molar-refractivity contribution in [1.29, 1.82) is 0 Å². The summed E-state index contributed by atoms with van der Waals surface area (Å²) in [6.45, 7) is 7.30. The van der Waals surface area contributed by atoms with E-state index in [0.29, 0.717) is 25.0 Å². The fraction of sp³-hybridized carbons (Fsp3) is 0.867. The maximum atomic E-state index is 6.67. The first-order valence-electron chi connectivity index (χ1n) is 14.7. The van der Waals surface area contributed by atoms with Gasteiger partial charge in [-0.15, -0.1) is 11.8 Å². The molecule has 2 saturated carbocycles. The van der Waals surface area contributed by atoms with E-state index < -0.39 is 5.79 Å². The van der Waals surface area contributed by atoms with Crippen molar-refractivity contribution in [3.8, 4) is 11.8 Å². The Morgan fingerprint density at radius 1 is 1.00 bits per heavy atom. The van der Waals surface area contributed by atoms with E-state index in [0.717, 1.165) is 81.9 Å². The minimum atomic E-state index is -0.394. The van der Waals surface area contributed by atoms with Crippen LogP contribution in [0.15, 0.2) is 10.6 Å². The van der Waals surface area contributed by atoms with Crippen LogP contribution in [0.25, 0.3) is 0 Å². The first-order valence-corrected chi connectivity index (χ1v) is 15.5. The summed E-state index contributed by atoms with van der Waals surface area (Å²) in [6.07, 6.45) is 13.2. The average molecular weight is 582 g/mol. The third-order valence-corrected chi connectivity index (χ3v) is 9.48. The number of hydrogen-bond donors (Lipinski definition) is 0. The molecule has 3 saturated heterocycles. The smallest absolute Gasteiger partial charge is 0.169 e. The lowest BCUT2D eigenvalue weighted by Crippen LogP contribution is -2.35. The van der Waals surface area contributed by atoms with Crippen molar-refractivity contribution >= 4 is 15.9 Å². The number of hydrogen-bond acceptors (Lipinski definition) is 6. The van der Waals surface area contributed by atoms with Crippen molar-refractivity contribution in [2.24, 2.45) is 23.7 Å². The number of rotatable bonds is 8. The third-order valence-electron chi connectivity index (χ3n) is 8.76. The molecule has 1 spiro atoms. The highest BCUT2D eigenvalue weighted by molar-refractivity contribution is 9.11. The van der Waals surface area contributed by atoms with Crippen LogP contribution in [0.1, 0.15) is 84.5 Å². The van der Waals surface area contributed by atoms with E-state index in [1.165, 1.54) is 6.42 Å². The molecule has 0 amide bonds. The number of halogens is 1. The van der Waals surface area contributed by atoms with Crippen molar-refractivity contribution in [1.82, 2.24) is 0 Å². The molecule has 5 aliphatic rings. The Morgan fingerprint density at radius 3 is 2.41 bits per heavy atom. The van der Waals surface area contributed by atoms with Gasteiger partial charge in [0.1, 0.15) is 0 Å². The highest BCUT2D eigenvalue weighted by atomic mass is 79.9. The summed E-state index contributed by atoms with van der Waals surface area (Å²) in [5.41, 5.74) is 0. The molecule has 0 aromatic rings. The highest BCUT2D eigenvalue weighted by Gasteiger charge is 2.57. The molecule has 7 heteroatoms. The van der Waals surface area contributed by atoms with Crippen molar-refractivity contribution in [3.05, 3.63) is 10.6 Å². The summed E-state index contributed by atoms with van der Waals surface area (Å²) >= 11 is 4.00. The predicted molar refractivity (Wildman–Crippen MR) is 145 cm³/mol. The Kier molecular flexibility index (Phi) is 10.1. The minimum absolute atomic E-state index is 0.0916. The van der Waals surface area contributed by atoms with Crippen LogP contribution in [0.2, 0.25) is 0 Å². The first kappa shape index (κ1) is 28.1. The Morgan fingerprint density at radius 2 is 1.73 bits per heavy atom. The normalized spacial score (nSPS) is 37.2. The molecule has 5 rings (SSSR count). The third kappa shape index (κ3) is 7.01. The molecule has 0 aromatic heterocycles. The second-order valence-electron chi connectivity index (χ2n) is 11.5. The molecule has 37 heavy (non-hydrogen) atoms. The van der Waals surface area contributed by atoms with Crippen LogP contribution < -0.4 is 0 Å². The fourth-order valence-corrected chi connectivity index (χ4v) is 7.78. The molecule has 0 radical (unpaired) electrons. The van der Waals surface area contributed by atoms with Gasteiger partial charge in [-0.05, 0) is 62.7 Å². The first-order chi connectivity index (χ1) is 18.1. The Labute approximate surface area is 231 Å². The summed E-state index contributed by atoms with van der Waals surface area (Å²) in [4.78, 5) is 0. The van der Waals surface area contributed by atoms with Gasteiger partial charge in [0.05, 0.1) is 25.4 Å². The molecule has 6 nitrogen and oxygen atoms in total. The summed E-state index contributed by atoms with van der Waals surface area (Å²) in [7, 11) is 0. The van der Waals surface area contributed by atoms with Gasteiger partial charge in [0, 0.05) is 49.3 Å². The average Bonchev–Trinajstić information content (AvgIpc) is 3.60. The van der Waals surface area contributed by atoms with Crippen molar-refractivity contribution < 1.29 is 28.4 Å². The van der Waals surface area contributed by atoms with Crippen LogP contribution in [-0.4, -0.2) is 57.0 Å². The molecule has 5 fully saturated rings. The minimum Gasteiger partial charge on any atom is -0.353 e. The lowest BCUT2D eigenvalue weighted by Gasteiger charge is -2.33. The lowest BCUT2D eigenvalue weighted by atomic mass is 9.89. The van der Waals surface area contributed by atoms with Gasteiger partial charge < -0.3 is 28.4 Å². The van der Waals surface area contributed by atoms with Crippen molar-refractivity contribution in [3.63, 3.8) is 0 Å². The van der Waals surface area contributed by atoms with Crippen molar-refractivity contribution in [2.75, 3.05) is 26.4 Å². The molecular formula is C30H45BrO6. The lowest BCUT2D eigenvalue weighted by molar-refractivity contribution is -0.198. The molecule has 3 aliphatic heterocycles. The zero-order valence-corrected chi connectivity index (χ0v) is 24.2. The van der Waals surface area contributed by atoms with Crippen LogP contribution in [0.4, 0.5) is 0 Å². The molecule has 2 unspecified atom stereocenters. The van der Waals surface area contributed by atoms with Crippen molar-refractivity contribution in [2.45, 2.75) is 115 Å². The summed E-state index contributed by atoms with van der Waals surface area (Å²) in [6, 6.07) is 0. The van der Waals surface area contributed by atoms with Crippen LogP contribution >= 0.6 is 15.9 Å². The topological polar surface area (TPSA) is 55.4 Å². The van der Waals surface area contributed by atoms with Gasteiger partial charge in [-0.2, -0.15) is 0 Å². The maximum Gasteiger partial charge on any atom is 0.169 e. The maximum absolute atomic E-state index is 6.67. The van der Waals surface area contributed by atoms with Gasteiger partial charge in [-0.25, -0.2) is 0 Å². The zero-order valence-electron chi connectivity index (χ0n) is 22.6. The van der Waals surface area contributed by atoms with Crippen LogP contribution in [-0.2, 0) is 28.4 Å². The number of fused-ring (bicyclic) bond motifs is 1. The molecule has 3 heterocycles. The second kappa shape index (κ2) is 13.3. The van der Waals surface area contributed by atoms with E-state index in [9.17, 15) is 0 Å². The van der Waals surface area contributed by atoms with Gasteiger partial charge in [0.2, 0.25) is 0 Å². The van der Waals surface area contributed by atoms with E-state index in [1.807, 2.05) is 0 Å². The molecule has 0 N–H and O–H groups in total. The van der Waals surface area contributed by atoms with Gasteiger partial charge in [0.25, 0.3) is 0 Å². The van der Waals surface area contributed by atoms with E-state index in [1.54, 1.807) is 0 Å². The summed E-state index contributed by atoms with van der Waals surface area (Å²) < 4.78 is 38.6. The Bertz CT molecular complexity index is 818. The number of ether oxygens (including phenoxy) is 6. The van der Waals surface area contributed by atoms with Gasteiger partial charge >= 0.3 is 0 Å². The molecule has 208 valence electrons. The highest BCUT2D eigenvalue weighted by Crippen LogP contribution is 2.56. The quantitative estimate of drug-likeness (QED) is 0.313. The molecule has 8 atom stereocenters. The van der Waals surface area contributed by atoms with Gasteiger partial charge in [-0.1, -0.05) is 35.9 Å². The standard InChI is InChI=1S/C30H45BrO6/c1-3-4-5-10-21(2)29(37-28-12-7-9-14-33-28)25(31)18-23-24-20-30(34-15-16-35-30)19-22(24)17-26(23)36-27-11-6-8-13-32-27/h18,21-24,26-29H,3,6-17,19-20H2,1-2H3/t21-,22+,23+,24-,26+,27?,28?,29-/m0/s1. The van der Waals surface area contributed by atoms with Crippen LogP contribution in [0, 0.1) is 35.5 Å².